The van der Waals surface area contributed by atoms with Crippen LogP contribution in [0.5, 0.6) is 0 Å². The van der Waals surface area contributed by atoms with E-state index < -0.39 is 25.3 Å². The van der Waals surface area contributed by atoms with Gasteiger partial charge in [-0.3, -0.25) is 10.1 Å². The summed E-state index contributed by atoms with van der Waals surface area (Å²) in [7, 11) is -4.35. The Hall–Kier alpha value is -3.73. The third-order valence-electron chi connectivity index (χ3n) is 4.19. The van der Waals surface area contributed by atoms with Crippen molar-refractivity contribution in [1.82, 2.24) is 9.78 Å². The highest BCUT2D eigenvalue weighted by Crippen LogP contribution is 2.33. The lowest BCUT2D eigenvalue weighted by Crippen LogP contribution is -2.21. The third kappa shape index (κ3) is 3.55. The first-order valence-corrected chi connectivity index (χ1v) is 9.79. The minimum absolute atomic E-state index is 0.0699. The van der Waals surface area contributed by atoms with E-state index in [2.05, 4.69) is 10.3 Å². The second kappa shape index (κ2) is 7.36. The van der Waals surface area contributed by atoms with Gasteiger partial charge in [0.2, 0.25) is 15.7 Å². The Labute approximate surface area is 166 Å². The number of nitro groups is 1. The van der Waals surface area contributed by atoms with Crippen LogP contribution in [-0.2, 0) is 9.84 Å². The predicted octanol–water partition coefficient (Wildman–Crippen LogP) is 2.51. The van der Waals surface area contributed by atoms with Crippen LogP contribution in [0.3, 0.4) is 0 Å². The molecule has 10 nitrogen and oxygen atoms in total. The molecule has 0 amide bonds. The van der Waals surface area contributed by atoms with Gasteiger partial charge in [0.15, 0.2) is 4.90 Å². The molecule has 1 aromatic heterocycles. The maximum Gasteiger partial charge on any atom is 0.289 e. The largest absolute Gasteiger partial charge is 0.409 e. The molecule has 11 heteroatoms. The fourth-order valence-electron chi connectivity index (χ4n) is 2.86. The van der Waals surface area contributed by atoms with Crippen molar-refractivity contribution < 1.29 is 18.5 Å². The highest BCUT2D eigenvalue weighted by atomic mass is 32.2. The zero-order valence-electron chi connectivity index (χ0n) is 15.5. The second-order valence-corrected chi connectivity index (χ2v) is 8.16. The van der Waals surface area contributed by atoms with E-state index in [1.54, 1.807) is 26.0 Å². The van der Waals surface area contributed by atoms with Crippen molar-refractivity contribution in [2.45, 2.75) is 23.6 Å². The van der Waals surface area contributed by atoms with E-state index in [4.69, 9.17) is 5.73 Å². The fourth-order valence-corrected chi connectivity index (χ4v) is 4.46. The number of nitrogens with zero attached hydrogens (tertiary/aromatic N) is 4. The van der Waals surface area contributed by atoms with Crippen LogP contribution < -0.4 is 5.73 Å². The number of rotatable bonds is 4. The van der Waals surface area contributed by atoms with Crippen molar-refractivity contribution in [2.75, 3.05) is 5.73 Å². The third-order valence-corrected chi connectivity index (χ3v) is 6.05. The van der Waals surface area contributed by atoms with Crippen molar-refractivity contribution in [3.8, 4) is 0 Å². The highest BCUT2D eigenvalue weighted by molar-refractivity contribution is 7.91. The van der Waals surface area contributed by atoms with Crippen LogP contribution in [0.15, 0.2) is 63.5 Å². The SMILES string of the molecule is Cc1ccc(S(=O)(=O)c2c(C(=NO)n3nc(C)cc3N)cccc2[N+](=O)[O-])cc1. The zero-order valence-corrected chi connectivity index (χ0v) is 16.3. The van der Waals surface area contributed by atoms with E-state index in [0.717, 1.165) is 16.3 Å². The Morgan fingerprint density at radius 3 is 2.38 bits per heavy atom. The number of aromatic nitrogens is 2. The molecule has 0 spiro atoms. The Kier molecular flexibility index (Phi) is 5.08. The van der Waals surface area contributed by atoms with Crippen LogP contribution in [0.25, 0.3) is 0 Å². The first-order valence-electron chi connectivity index (χ1n) is 8.31. The summed E-state index contributed by atoms with van der Waals surface area (Å²) < 4.78 is 27.7. The molecule has 3 N–H and O–H groups in total. The van der Waals surface area contributed by atoms with Gasteiger partial charge in [-0.15, -0.1) is 0 Å². The second-order valence-electron chi connectivity index (χ2n) is 6.27. The van der Waals surface area contributed by atoms with E-state index in [0.29, 0.717) is 5.69 Å². The first kappa shape index (κ1) is 20.0. The molecule has 0 saturated heterocycles. The average molecular weight is 415 g/mol. The molecule has 0 aliphatic rings. The lowest BCUT2D eigenvalue weighted by atomic mass is 10.2. The number of aryl methyl sites for hydroxylation is 2. The van der Waals surface area contributed by atoms with Crippen LogP contribution in [-0.4, -0.2) is 34.2 Å². The standard InChI is InChI=1S/C18H17N5O5S/c1-11-6-8-13(9-7-11)29(27,28)17-14(4-3-5-15(17)23(25)26)18(21-24)22-16(19)10-12(2)20-22/h3-10,24H,19H2,1-2H3. The molecule has 29 heavy (non-hydrogen) atoms. The summed E-state index contributed by atoms with van der Waals surface area (Å²) in [5.41, 5.74) is 6.30. The molecule has 0 bridgehead atoms. The minimum Gasteiger partial charge on any atom is -0.409 e. The van der Waals surface area contributed by atoms with Crippen LogP contribution >= 0.6 is 0 Å². The Balaban J connectivity index is 2.35. The number of sulfone groups is 1. The van der Waals surface area contributed by atoms with E-state index in [-0.39, 0.29) is 22.1 Å². The minimum atomic E-state index is -4.35. The van der Waals surface area contributed by atoms with Crippen molar-refractivity contribution >= 4 is 27.2 Å². The first-order chi connectivity index (χ1) is 13.7. The smallest absolute Gasteiger partial charge is 0.289 e. The molecular formula is C18H17N5O5S. The number of hydrogen-bond acceptors (Lipinski definition) is 8. The summed E-state index contributed by atoms with van der Waals surface area (Å²) in [6.45, 7) is 3.42. The molecule has 0 atom stereocenters. The van der Waals surface area contributed by atoms with Gasteiger partial charge in [-0.1, -0.05) is 28.9 Å². The summed E-state index contributed by atoms with van der Waals surface area (Å²) in [4.78, 5) is 10.1. The molecule has 0 fully saturated rings. The van der Waals surface area contributed by atoms with E-state index in [1.807, 2.05) is 0 Å². The zero-order chi connectivity index (χ0) is 21.3. The predicted molar refractivity (Wildman–Crippen MR) is 105 cm³/mol. The molecule has 0 saturated carbocycles. The lowest BCUT2D eigenvalue weighted by Gasteiger charge is -2.13. The number of oxime groups is 1. The summed E-state index contributed by atoms with van der Waals surface area (Å²) in [5, 5.41) is 28.4. The fraction of sp³-hybridized carbons (Fsp3) is 0.111. The molecule has 0 unspecified atom stereocenters. The van der Waals surface area contributed by atoms with Crippen molar-refractivity contribution in [3.63, 3.8) is 0 Å². The maximum atomic E-state index is 13.3. The van der Waals surface area contributed by atoms with E-state index >= 15 is 0 Å². The van der Waals surface area contributed by atoms with Gasteiger partial charge in [-0.05, 0) is 32.0 Å². The number of hydrogen-bond donors (Lipinski definition) is 2. The molecule has 3 rings (SSSR count). The molecule has 0 aliphatic carbocycles. The topological polar surface area (TPSA) is 154 Å². The van der Waals surface area contributed by atoms with Gasteiger partial charge in [0, 0.05) is 17.7 Å². The Morgan fingerprint density at radius 1 is 1.21 bits per heavy atom. The summed E-state index contributed by atoms with van der Waals surface area (Å²) >= 11 is 0. The van der Waals surface area contributed by atoms with Crippen LogP contribution in [0.1, 0.15) is 16.8 Å². The van der Waals surface area contributed by atoms with E-state index in [9.17, 15) is 23.7 Å². The number of nitrogen functional groups attached to an aromatic ring is 1. The lowest BCUT2D eigenvalue weighted by molar-refractivity contribution is -0.387. The normalized spacial score (nSPS) is 12.1. The molecule has 3 aromatic rings. The van der Waals surface area contributed by atoms with Gasteiger partial charge in [0.1, 0.15) is 5.82 Å². The number of benzene rings is 2. The molecule has 150 valence electrons. The molecule has 2 aromatic carbocycles. The molecule has 0 aliphatic heterocycles. The Bertz CT molecular complexity index is 1230. The van der Waals surface area contributed by atoms with Crippen LogP contribution in [0, 0.1) is 24.0 Å². The van der Waals surface area contributed by atoms with Crippen molar-refractivity contribution in [1.29, 1.82) is 0 Å². The van der Waals surface area contributed by atoms with Gasteiger partial charge in [0.25, 0.3) is 5.69 Å². The van der Waals surface area contributed by atoms with Gasteiger partial charge >= 0.3 is 0 Å². The number of nitro benzene ring substituents is 1. The van der Waals surface area contributed by atoms with Gasteiger partial charge in [-0.25, -0.2) is 8.42 Å². The maximum absolute atomic E-state index is 13.3. The van der Waals surface area contributed by atoms with Crippen molar-refractivity contribution in [3.05, 3.63) is 75.5 Å². The van der Waals surface area contributed by atoms with Crippen LogP contribution in [0.2, 0.25) is 0 Å². The number of nitrogens with two attached hydrogens (primary N) is 1. The van der Waals surface area contributed by atoms with Crippen LogP contribution in [0.4, 0.5) is 11.5 Å². The summed E-state index contributed by atoms with van der Waals surface area (Å²) in [6.07, 6.45) is 0. The van der Waals surface area contributed by atoms with Gasteiger partial charge in [-0.2, -0.15) is 9.78 Å². The Morgan fingerprint density at radius 2 is 1.86 bits per heavy atom. The molecular weight excluding hydrogens is 398 g/mol. The average Bonchev–Trinajstić information content (AvgIpc) is 3.00. The van der Waals surface area contributed by atoms with E-state index in [1.165, 1.54) is 30.3 Å². The molecule has 0 radical (unpaired) electrons. The van der Waals surface area contributed by atoms with Gasteiger partial charge < -0.3 is 10.9 Å². The summed E-state index contributed by atoms with van der Waals surface area (Å²) in [5.74, 6) is -0.287. The van der Waals surface area contributed by atoms with Crippen molar-refractivity contribution in [2.24, 2.45) is 5.16 Å². The van der Waals surface area contributed by atoms with Gasteiger partial charge in [0.05, 0.1) is 15.5 Å². The monoisotopic (exact) mass is 415 g/mol. The number of anilines is 1. The summed E-state index contributed by atoms with van der Waals surface area (Å²) in [6, 6.07) is 11.0. The molecule has 1 heterocycles. The highest BCUT2D eigenvalue weighted by Gasteiger charge is 2.33. The quantitative estimate of drug-likeness (QED) is 0.218.